The SMILES string of the molecule is CCCc1nccn1CC(O)c1cc(C)cc(C)c1. The lowest BCUT2D eigenvalue weighted by molar-refractivity contribution is 0.155. The summed E-state index contributed by atoms with van der Waals surface area (Å²) in [4.78, 5) is 4.34. The third kappa shape index (κ3) is 3.44. The van der Waals surface area contributed by atoms with Crippen molar-refractivity contribution in [2.24, 2.45) is 0 Å². The van der Waals surface area contributed by atoms with Crippen molar-refractivity contribution < 1.29 is 5.11 Å². The van der Waals surface area contributed by atoms with Gasteiger partial charge < -0.3 is 9.67 Å². The Morgan fingerprint density at radius 1 is 1.21 bits per heavy atom. The van der Waals surface area contributed by atoms with E-state index < -0.39 is 6.10 Å². The van der Waals surface area contributed by atoms with Crippen LogP contribution in [0.15, 0.2) is 30.6 Å². The number of hydrogen-bond acceptors (Lipinski definition) is 2. The zero-order valence-electron chi connectivity index (χ0n) is 11.9. The largest absolute Gasteiger partial charge is 0.387 e. The van der Waals surface area contributed by atoms with Gasteiger partial charge in [0.2, 0.25) is 0 Å². The molecule has 1 N–H and O–H groups in total. The third-order valence-electron chi connectivity index (χ3n) is 3.27. The highest BCUT2D eigenvalue weighted by Gasteiger charge is 2.11. The summed E-state index contributed by atoms with van der Waals surface area (Å²) in [5.74, 6) is 1.05. The summed E-state index contributed by atoms with van der Waals surface area (Å²) < 4.78 is 2.05. The Hall–Kier alpha value is -1.61. The first-order valence-corrected chi connectivity index (χ1v) is 6.86. The topological polar surface area (TPSA) is 38.0 Å². The van der Waals surface area contributed by atoms with E-state index in [2.05, 4.69) is 31.8 Å². The van der Waals surface area contributed by atoms with Crippen LogP contribution in [-0.4, -0.2) is 14.7 Å². The van der Waals surface area contributed by atoms with Crippen LogP contribution in [0.25, 0.3) is 0 Å². The number of benzene rings is 1. The zero-order chi connectivity index (χ0) is 13.8. The van der Waals surface area contributed by atoms with E-state index in [1.807, 2.05) is 22.9 Å². The van der Waals surface area contributed by atoms with Crippen LogP contribution in [0.4, 0.5) is 0 Å². The number of aliphatic hydroxyl groups excluding tert-OH is 1. The van der Waals surface area contributed by atoms with Crippen LogP contribution in [0.3, 0.4) is 0 Å². The van der Waals surface area contributed by atoms with Gasteiger partial charge in [0.05, 0.1) is 12.6 Å². The lowest BCUT2D eigenvalue weighted by Gasteiger charge is -2.15. The summed E-state index contributed by atoms with van der Waals surface area (Å²) in [6, 6.07) is 6.22. The average molecular weight is 258 g/mol. The van der Waals surface area contributed by atoms with E-state index >= 15 is 0 Å². The number of hydrogen-bond donors (Lipinski definition) is 1. The Kier molecular flexibility index (Phi) is 4.38. The van der Waals surface area contributed by atoms with Gasteiger partial charge in [-0.3, -0.25) is 0 Å². The van der Waals surface area contributed by atoms with Gasteiger partial charge in [0.15, 0.2) is 0 Å². The normalized spacial score (nSPS) is 12.6. The van der Waals surface area contributed by atoms with Crippen LogP contribution in [-0.2, 0) is 13.0 Å². The van der Waals surface area contributed by atoms with E-state index in [1.165, 1.54) is 11.1 Å². The molecule has 2 rings (SSSR count). The monoisotopic (exact) mass is 258 g/mol. The van der Waals surface area contributed by atoms with Gasteiger partial charge in [0.25, 0.3) is 0 Å². The van der Waals surface area contributed by atoms with Crippen molar-refractivity contribution in [2.75, 3.05) is 0 Å². The van der Waals surface area contributed by atoms with Gasteiger partial charge in [-0.15, -0.1) is 0 Å². The van der Waals surface area contributed by atoms with Crippen LogP contribution < -0.4 is 0 Å². The Morgan fingerprint density at radius 2 is 1.89 bits per heavy atom. The Balaban J connectivity index is 2.15. The highest BCUT2D eigenvalue weighted by Crippen LogP contribution is 2.19. The summed E-state index contributed by atoms with van der Waals surface area (Å²) in [5, 5.41) is 10.4. The first-order valence-electron chi connectivity index (χ1n) is 6.86. The van der Waals surface area contributed by atoms with Crippen molar-refractivity contribution in [2.45, 2.75) is 46.3 Å². The van der Waals surface area contributed by atoms with E-state index in [9.17, 15) is 5.11 Å². The molecule has 0 saturated heterocycles. The van der Waals surface area contributed by atoms with Gasteiger partial charge in [-0.25, -0.2) is 4.98 Å². The fourth-order valence-corrected chi connectivity index (χ4v) is 2.45. The lowest BCUT2D eigenvalue weighted by atomic mass is 10.0. The van der Waals surface area contributed by atoms with Crippen molar-refractivity contribution in [1.82, 2.24) is 9.55 Å². The molecule has 3 heteroatoms. The minimum atomic E-state index is -0.483. The highest BCUT2D eigenvalue weighted by atomic mass is 16.3. The maximum Gasteiger partial charge on any atom is 0.108 e. The highest BCUT2D eigenvalue weighted by molar-refractivity contribution is 5.29. The van der Waals surface area contributed by atoms with Crippen molar-refractivity contribution in [3.05, 3.63) is 53.1 Å². The smallest absolute Gasteiger partial charge is 0.108 e. The molecule has 19 heavy (non-hydrogen) atoms. The van der Waals surface area contributed by atoms with E-state index in [4.69, 9.17) is 0 Å². The fraction of sp³-hybridized carbons (Fsp3) is 0.438. The Bertz CT molecular complexity index is 525. The molecule has 0 radical (unpaired) electrons. The summed E-state index contributed by atoms with van der Waals surface area (Å²) in [6.45, 7) is 6.82. The minimum absolute atomic E-state index is 0.483. The van der Waals surface area contributed by atoms with E-state index in [-0.39, 0.29) is 0 Å². The van der Waals surface area contributed by atoms with Gasteiger partial charge >= 0.3 is 0 Å². The minimum Gasteiger partial charge on any atom is -0.387 e. The average Bonchev–Trinajstić information content (AvgIpc) is 2.76. The van der Waals surface area contributed by atoms with E-state index in [1.54, 1.807) is 6.20 Å². The number of imidazole rings is 1. The van der Waals surface area contributed by atoms with Gasteiger partial charge in [-0.1, -0.05) is 36.2 Å². The number of nitrogens with zero attached hydrogens (tertiary/aromatic N) is 2. The molecule has 0 aliphatic carbocycles. The molecule has 2 aromatic rings. The Labute approximate surface area is 114 Å². The molecule has 1 aromatic heterocycles. The molecule has 1 atom stereocenters. The Morgan fingerprint density at radius 3 is 2.53 bits per heavy atom. The molecule has 1 heterocycles. The molecule has 0 aliphatic heterocycles. The molecule has 1 aromatic carbocycles. The molecule has 0 fully saturated rings. The van der Waals surface area contributed by atoms with E-state index in [0.29, 0.717) is 6.54 Å². The van der Waals surface area contributed by atoms with Gasteiger partial charge in [-0.05, 0) is 25.8 Å². The summed E-state index contributed by atoms with van der Waals surface area (Å²) in [6.07, 6.45) is 5.28. The van der Waals surface area contributed by atoms with Gasteiger partial charge in [0.1, 0.15) is 5.82 Å². The molecule has 3 nitrogen and oxygen atoms in total. The van der Waals surface area contributed by atoms with Crippen molar-refractivity contribution in [3.8, 4) is 0 Å². The van der Waals surface area contributed by atoms with Crippen molar-refractivity contribution in [1.29, 1.82) is 0 Å². The van der Waals surface area contributed by atoms with Crippen LogP contribution in [0, 0.1) is 13.8 Å². The molecular formula is C16H22N2O. The third-order valence-corrected chi connectivity index (χ3v) is 3.27. The molecule has 0 aliphatic rings. The quantitative estimate of drug-likeness (QED) is 0.894. The molecule has 102 valence electrons. The standard InChI is InChI=1S/C16H22N2O/c1-4-5-16-17-6-7-18(16)11-15(19)14-9-12(2)8-13(3)10-14/h6-10,15,19H,4-5,11H2,1-3H3. The molecule has 0 amide bonds. The summed E-state index contributed by atoms with van der Waals surface area (Å²) in [7, 11) is 0. The molecule has 0 spiro atoms. The molecule has 0 saturated carbocycles. The second-order valence-electron chi connectivity index (χ2n) is 5.18. The van der Waals surface area contributed by atoms with Crippen LogP contribution in [0.2, 0.25) is 0 Å². The number of aryl methyl sites for hydroxylation is 3. The fourth-order valence-electron chi connectivity index (χ4n) is 2.45. The first-order chi connectivity index (χ1) is 9.10. The zero-order valence-corrected chi connectivity index (χ0v) is 11.9. The number of rotatable bonds is 5. The number of aromatic nitrogens is 2. The molecular weight excluding hydrogens is 236 g/mol. The summed E-state index contributed by atoms with van der Waals surface area (Å²) in [5.41, 5.74) is 3.36. The van der Waals surface area contributed by atoms with Crippen LogP contribution in [0.1, 0.15) is 42.0 Å². The first kappa shape index (κ1) is 13.8. The van der Waals surface area contributed by atoms with Crippen molar-refractivity contribution >= 4 is 0 Å². The molecule has 0 bridgehead atoms. The maximum atomic E-state index is 10.4. The predicted octanol–water partition coefficient (Wildman–Crippen LogP) is 3.19. The maximum absolute atomic E-state index is 10.4. The molecule has 1 unspecified atom stereocenters. The van der Waals surface area contributed by atoms with Gasteiger partial charge in [0, 0.05) is 18.8 Å². The van der Waals surface area contributed by atoms with Crippen LogP contribution in [0.5, 0.6) is 0 Å². The predicted molar refractivity (Wildman–Crippen MR) is 77.1 cm³/mol. The second kappa shape index (κ2) is 6.02. The lowest BCUT2D eigenvalue weighted by Crippen LogP contribution is -2.11. The number of aliphatic hydroxyl groups is 1. The summed E-state index contributed by atoms with van der Waals surface area (Å²) >= 11 is 0. The van der Waals surface area contributed by atoms with Gasteiger partial charge in [-0.2, -0.15) is 0 Å². The second-order valence-corrected chi connectivity index (χ2v) is 5.18. The van der Waals surface area contributed by atoms with Crippen LogP contribution >= 0.6 is 0 Å². The van der Waals surface area contributed by atoms with Crippen molar-refractivity contribution in [3.63, 3.8) is 0 Å². The van der Waals surface area contributed by atoms with E-state index in [0.717, 1.165) is 24.2 Å².